The van der Waals surface area contributed by atoms with E-state index >= 15 is 0 Å². The Balaban J connectivity index is 1.22. The molecule has 4 aromatic rings. The molecule has 2 aliphatic carbocycles. The van der Waals surface area contributed by atoms with Crippen molar-refractivity contribution in [2.75, 3.05) is 20.2 Å². The number of imidazole rings is 1. The highest BCUT2D eigenvalue weighted by Gasteiger charge is 2.45. The van der Waals surface area contributed by atoms with Gasteiger partial charge in [-0.25, -0.2) is 9.97 Å². The van der Waals surface area contributed by atoms with Crippen LogP contribution >= 0.6 is 0 Å². The number of piperidine rings is 1. The van der Waals surface area contributed by atoms with E-state index in [0.29, 0.717) is 42.2 Å². The Morgan fingerprint density at radius 1 is 1.05 bits per heavy atom. The first-order valence-electron chi connectivity index (χ1n) is 16.2. The van der Waals surface area contributed by atoms with E-state index in [4.69, 9.17) is 20.4 Å². The highest BCUT2D eigenvalue weighted by molar-refractivity contribution is 6.00. The van der Waals surface area contributed by atoms with Crippen molar-refractivity contribution in [2.45, 2.75) is 64.1 Å². The van der Waals surface area contributed by atoms with Crippen LogP contribution in [-0.4, -0.2) is 62.1 Å². The predicted octanol–water partition coefficient (Wildman–Crippen LogP) is 4.41. The molecular weight excluding hydrogens is 554 g/mol. The van der Waals surface area contributed by atoms with Crippen LogP contribution in [0.5, 0.6) is 5.75 Å². The Kier molecular flexibility index (Phi) is 6.48. The summed E-state index contributed by atoms with van der Waals surface area (Å²) < 4.78 is 10.2. The standard InChI is InChI=1S/C34H41N7O3/c1-18-26-9-8-21-14-28(41(31(21)37-26)16-23-11-19(23)6-7-20-12-25(20)33(42)36-18)32-38-27-13-22(15-29(44-3)30(27)39(32)2)34(43)40-10-4-5-24(35)17-40/h8-9,13-15,18-20,23-25H,4-7,10-12,16-17,35H2,1-3H3,(H,36,42)/t18-,19-,20-,23-,24-,25-/m1/s1. The van der Waals surface area contributed by atoms with Gasteiger partial charge in [-0.1, -0.05) is 0 Å². The molecule has 230 valence electrons. The Labute approximate surface area is 256 Å². The number of carbonyl (C=O) groups excluding carboxylic acids is 2. The fraction of sp³-hybridized carbons (Fsp3) is 0.529. The molecule has 2 amide bonds. The topological polar surface area (TPSA) is 120 Å². The number of benzene rings is 1. The van der Waals surface area contributed by atoms with Crippen LogP contribution in [0, 0.1) is 23.7 Å². The maximum absolute atomic E-state index is 13.5. The molecule has 0 radical (unpaired) electrons. The third kappa shape index (κ3) is 4.65. The second-order valence-electron chi connectivity index (χ2n) is 13.6. The number of hydrogen-bond donors (Lipinski definition) is 2. The molecule has 0 unspecified atom stereocenters. The Hall–Kier alpha value is -3.92. The lowest BCUT2D eigenvalue weighted by Crippen LogP contribution is -2.45. The van der Waals surface area contributed by atoms with Gasteiger partial charge < -0.3 is 29.8 Å². The van der Waals surface area contributed by atoms with E-state index < -0.39 is 0 Å². The normalized spacial score (nSPS) is 28.4. The number of fused-ring (bicyclic) bond motifs is 4. The Morgan fingerprint density at radius 3 is 2.70 bits per heavy atom. The number of nitrogens with two attached hydrogens (primary N) is 1. The van der Waals surface area contributed by atoms with Crippen molar-refractivity contribution >= 4 is 33.9 Å². The van der Waals surface area contributed by atoms with Crippen molar-refractivity contribution in [3.63, 3.8) is 0 Å². The molecule has 10 heteroatoms. The van der Waals surface area contributed by atoms with Gasteiger partial charge in [0.2, 0.25) is 5.91 Å². The molecule has 1 saturated heterocycles. The first-order valence-corrected chi connectivity index (χ1v) is 16.2. The summed E-state index contributed by atoms with van der Waals surface area (Å²) in [5, 5.41) is 4.27. The van der Waals surface area contributed by atoms with Crippen LogP contribution in [0.1, 0.15) is 67.5 Å². The molecule has 4 aliphatic rings. The van der Waals surface area contributed by atoms with E-state index in [0.717, 1.165) is 71.5 Å². The minimum Gasteiger partial charge on any atom is -0.494 e. The number of methoxy groups -OCH3 is 1. The number of aryl methyl sites for hydroxylation is 1. The first-order chi connectivity index (χ1) is 21.3. The Morgan fingerprint density at radius 2 is 1.89 bits per heavy atom. The van der Waals surface area contributed by atoms with E-state index in [9.17, 15) is 9.59 Å². The predicted molar refractivity (Wildman–Crippen MR) is 168 cm³/mol. The van der Waals surface area contributed by atoms with Gasteiger partial charge in [-0.15, -0.1) is 0 Å². The van der Waals surface area contributed by atoms with Crippen LogP contribution in [-0.2, 0) is 18.4 Å². The molecule has 0 spiro atoms. The number of rotatable bonds is 3. The van der Waals surface area contributed by atoms with Gasteiger partial charge in [0.1, 0.15) is 16.9 Å². The maximum atomic E-state index is 13.5. The summed E-state index contributed by atoms with van der Waals surface area (Å²) in [6, 6.07) is 9.88. The third-order valence-corrected chi connectivity index (χ3v) is 10.6. The van der Waals surface area contributed by atoms with Crippen LogP contribution in [0.2, 0.25) is 0 Å². The van der Waals surface area contributed by atoms with Crippen LogP contribution < -0.4 is 15.8 Å². The minimum absolute atomic E-state index is 0.00889. The van der Waals surface area contributed by atoms with Crippen molar-refractivity contribution in [3.8, 4) is 17.3 Å². The smallest absolute Gasteiger partial charge is 0.254 e. The lowest BCUT2D eigenvalue weighted by molar-refractivity contribution is -0.123. The molecule has 1 aromatic carbocycles. The number of likely N-dealkylation sites (tertiary alicyclic amines) is 1. The van der Waals surface area contributed by atoms with E-state index in [1.807, 2.05) is 37.1 Å². The lowest BCUT2D eigenvalue weighted by atomic mass is 10.0. The minimum atomic E-state index is -0.165. The van der Waals surface area contributed by atoms with Gasteiger partial charge >= 0.3 is 0 Å². The summed E-state index contributed by atoms with van der Waals surface area (Å²) in [4.78, 5) is 38.6. The fourth-order valence-electron chi connectivity index (χ4n) is 7.78. The summed E-state index contributed by atoms with van der Waals surface area (Å²) in [5.41, 5.74) is 11.1. The molecule has 10 nitrogen and oxygen atoms in total. The fourth-order valence-corrected chi connectivity index (χ4v) is 7.78. The van der Waals surface area contributed by atoms with E-state index in [-0.39, 0.29) is 29.8 Å². The zero-order valence-corrected chi connectivity index (χ0v) is 25.8. The molecule has 3 fully saturated rings. The van der Waals surface area contributed by atoms with Gasteiger partial charge in [-0.2, -0.15) is 0 Å². The molecule has 2 saturated carbocycles. The monoisotopic (exact) mass is 595 g/mol. The maximum Gasteiger partial charge on any atom is 0.254 e. The van der Waals surface area contributed by atoms with Crippen molar-refractivity contribution in [1.82, 2.24) is 29.3 Å². The molecule has 8 rings (SSSR count). The molecule has 44 heavy (non-hydrogen) atoms. The molecule has 2 aliphatic heterocycles. The van der Waals surface area contributed by atoms with Crippen molar-refractivity contribution in [2.24, 2.45) is 36.5 Å². The Bertz CT molecular complexity index is 1810. The number of nitrogens with one attached hydrogen (secondary N) is 1. The van der Waals surface area contributed by atoms with E-state index in [2.05, 4.69) is 26.6 Å². The van der Waals surface area contributed by atoms with E-state index in [1.165, 1.54) is 12.8 Å². The SMILES string of the molecule is COc1cc(C(=O)N2CCC[C@@H](N)C2)cc2nc(-c3cc4ccc5nc4n3C[C@H]3C[C@H]3CC[C@@H]3C[C@H]3C(=O)N[C@@H]5C)n(C)c12. The van der Waals surface area contributed by atoms with Crippen LogP contribution in [0.4, 0.5) is 0 Å². The number of hydrogen-bond acceptors (Lipinski definition) is 6. The number of carbonyl (C=O) groups is 2. The van der Waals surface area contributed by atoms with Crippen molar-refractivity contribution < 1.29 is 14.3 Å². The van der Waals surface area contributed by atoms with Crippen LogP contribution in [0.15, 0.2) is 30.3 Å². The number of aromatic nitrogens is 4. The third-order valence-electron chi connectivity index (χ3n) is 10.6. The largest absolute Gasteiger partial charge is 0.494 e. The molecule has 6 atom stereocenters. The van der Waals surface area contributed by atoms with Gasteiger partial charge in [-0.3, -0.25) is 9.59 Å². The molecule has 2 bridgehead atoms. The number of ether oxygens (including phenoxy) is 1. The summed E-state index contributed by atoms with van der Waals surface area (Å²) in [6.07, 6.45) is 6.40. The van der Waals surface area contributed by atoms with Gasteiger partial charge in [-0.05, 0) is 93.5 Å². The molecule has 3 aromatic heterocycles. The summed E-state index contributed by atoms with van der Waals surface area (Å²) in [6.45, 7) is 4.18. The summed E-state index contributed by atoms with van der Waals surface area (Å²) in [5.74, 6) is 3.53. The molecular formula is C34H41N7O3. The number of amides is 2. The second kappa shape index (κ2) is 10.3. The zero-order valence-electron chi connectivity index (χ0n) is 25.8. The van der Waals surface area contributed by atoms with Crippen molar-refractivity contribution in [1.29, 1.82) is 0 Å². The van der Waals surface area contributed by atoms with Crippen LogP contribution in [0.25, 0.3) is 33.6 Å². The zero-order chi connectivity index (χ0) is 30.3. The van der Waals surface area contributed by atoms with Crippen LogP contribution in [0.3, 0.4) is 0 Å². The van der Waals surface area contributed by atoms with Gasteiger partial charge in [0.15, 0.2) is 5.82 Å². The summed E-state index contributed by atoms with van der Waals surface area (Å²) >= 11 is 0. The number of nitrogens with zero attached hydrogens (tertiary/aromatic N) is 5. The summed E-state index contributed by atoms with van der Waals surface area (Å²) in [7, 11) is 3.65. The van der Waals surface area contributed by atoms with Gasteiger partial charge in [0.25, 0.3) is 5.91 Å². The van der Waals surface area contributed by atoms with E-state index in [1.54, 1.807) is 7.11 Å². The van der Waals surface area contributed by atoms with Gasteiger partial charge in [0.05, 0.1) is 30.1 Å². The quantitative estimate of drug-likeness (QED) is 0.362. The molecule has 3 N–H and O–H groups in total. The number of pyridine rings is 1. The van der Waals surface area contributed by atoms with Gasteiger partial charge in [0, 0.05) is 49.6 Å². The highest BCUT2D eigenvalue weighted by Crippen LogP contribution is 2.50. The molecule has 5 heterocycles. The second-order valence-corrected chi connectivity index (χ2v) is 13.6. The first kappa shape index (κ1) is 27.6. The highest BCUT2D eigenvalue weighted by atomic mass is 16.5. The average Bonchev–Trinajstić information content (AvgIpc) is 3.90. The average molecular weight is 596 g/mol. The van der Waals surface area contributed by atoms with Crippen molar-refractivity contribution in [3.05, 3.63) is 41.6 Å². The lowest BCUT2D eigenvalue weighted by Gasteiger charge is -2.30.